The first-order valence-electron chi connectivity index (χ1n) is 26.7. The molecule has 1 unspecified atom stereocenters. The van der Waals surface area contributed by atoms with Gasteiger partial charge in [-0.1, -0.05) is 114 Å². The number of anilines is 2. The van der Waals surface area contributed by atoms with E-state index in [0.29, 0.717) is 54.1 Å². The number of rotatable bonds is 16. The molecule has 16 nitrogen and oxygen atoms in total. The van der Waals surface area contributed by atoms with Crippen LogP contribution in [0.4, 0.5) is 37.7 Å². The molecule has 0 aliphatic heterocycles. The van der Waals surface area contributed by atoms with Crippen molar-refractivity contribution in [2.24, 2.45) is 0 Å². The molecule has 2 aromatic carbocycles. The van der Waals surface area contributed by atoms with E-state index in [1.807, 2.05) is 18.5 Å². The molecule has 8 aromatic rings. The Labute approximate surface area is 528 Å². The largest absolute Gasteiger partial charge is 0.417 e. The van der Waals surface area contributed by atoms with Gasteiger partial charge >= 0.3 is 12.4 Å². The summed E-state index contributed by atoms with van der Waals surface area (Å²) in [6, 6.07) is 13.8. The third-order valence-corrected chi connectivity index (χ3v) is 31.4. The number of nitrogens with zero attached hydrogens (tertiary/aromatic N) is 8. The van der Waals surface area contributed by atoms with Crippen molar-refractivity contribution in [2.75, 3.05) is 36.3 Å². The standard InChI is InChI=1S/C29H33Cl2F3N4O4SSi.C29H31Cl2F3N4O4SSi/c2*1-17-23(31)15-24(37(16-42-5)43(40,41)18-8-9-22(30)21(14-18)29(32,33)34)25(36-17)26(39)19-10-12-35-27-20(19)11-13-38(27)44(6,7)28(2,3)4/h8-15,26,39H,16H2,1-7H3;8-15H,16H2,1-7H3. The van der Waals surface area contributed by atoms with Crippen LogP contribution in [0.2, 0.25) is 56.4 Å². The number of hydrogen-bond acceptors (Lipinski definition) is 12. The Morgan fingerprint density at radius 3 is 1.45 bits per heavy atom. The van der Waals surface area contributed by atoms with Crippen LogP contribution in [0.5, 0.6) is 0 Å². The zero-order valence-corrected chi connectivity index (χ0v) is 56.9. The van der Waals surface area contributed by atoms with Gasteiger partial charge in [0.1, 0.15) is 36.6 Å². The Morgan fingerprint density at radius 1 is 0.602 bits per heavy atom. The molecule has 8 rings (SSSR count). The van der Waals surface area contributed by atoms with Gasteiger partial charge in [-0.15, -0.1) is 0 Å². The molecule has 88 heavy (non-hydrogen) atoms. The SMILES string of the molecule is COCN(c1cc(Cl)c(C)nc1C(=O)c1ccnc2c1ccn2[Si](C)(C)C(C)(C)C)S(=O)(=O)c1ccc(Cl)c(C(F)(F)F)c1.COCN(c1cc(Cl)c(C)nc1C(O)c1ccnc2c1ccn2[Si](C)(C)C(C)(C)C)S(=O)(=O)c1ccc(Cl)c(C(F)(F)F)c1. The lowest BCUT2D eigenvalue weighted by molar-refractivity contribution is -0.138. The summed E-state index contributed by atoms with van der Waals surface area (Å²) in [6.45, 7) is 23.6. The number of pyridine rings is 4. The highest BCUT2D eigenvalue weighted by Crippen LogP contribution is 2.45. The molecule has 0 aliphatic carbocycles. The van der Waals surface area contributed by atoms with E-state index in [2.05, 4.69) is 96.1 Å². The van der Waals surface area contributed by atoms with Crippen LogP contribution in [0.1, 0.15) is 97.5 Å². The average Bonchev–Trinajstić information content (AvgIpc) is 3.82. The van der Waals surface area contributed by atoms with Crippen LogP contribution >= 0.6 is 46.4 Å². The van der Waals surface area contributed by atoms with Crippen molar-refractivity contribution in [1.82, 2.24) is 28.4 Å². The van der Waals surface area contributed by atoms with Gasteiger partial charge in [-0.05, 0) is 115 Å². The van der Waals surface area contributed by atoms with Gasteiger partial charge in [-0.2, -0.15) is 26.3 Å². The Kier molecular flexibility index (Phi) is 20.0. The van der Waals surface area contributed by atoms with Gasteiger partial charge in [0.05, 0.1) is 69.5 Å². The topological polar surface area (TPSA) is 192 Å². The summed E-state index contributed by atoms with van der Waals surface area (Å²) >= 11 is 24.2. The van der Waals surface area contributed by atoms with E-state index in [1.54, 1.807) is 32.2 Å². The smallest absolute Gasteiger partial charge is 0.382 e. The van der Waals surface area contributed by atoms with Crippen LogP contribution in [0.25, 0.3) is 22.1 Å². The first-order chi connectivity index (χ1) is 40.5. The molecule has 1 N–H and O–H groups in total. The highest BCUT2D eigenvalue weighted by Gasteiger charge is 2.43. The monoisotopic (exact) mass is 1370 g/mol. The Bertz CT molecular complexity index is 4230. The van der Waals surface area contributed by atoms with Gasteiger partial charge in [0.2, 0.25) is 5.78 Å². The number of sulfonamides is 2. The molecular formula is C58H64Cl4F6N8O8S2Si2. The summed E-state index contributed by atoms with van der Waals surface area (Å²) in [7, 11) is -11.4. The third kappa shape index (κ3) is 13.4. The number of benzene rings is 2. The zero-order chi connectivity index (χ0) is 66.0. The van der Waals surface area contributed by atoms with Crippen LogP contribution < -0.4 is 8.61 Å². The van der Waals surface area contributed by atoms with Crippen LogP contribution in [0.15, 0.2) is 107 Å². The summed E-state index contributed by atoms with van der Waals surface area (Å²) in [5, 5.41) is 11.7. The molecule has 0 saturated carbocycles. The van der Waals surface area contributed by atoms with E-state index in [9.17, 15) is 53.1 Å². The normalized spacial score (nSPS) is 13.4. The Balaban J connectivity index is 0.000000251. The maximum absolute atomic E-state index is 14.2. The van der Waals surface area contributed by atoms with Gasteiger partial charge < -0.3 is 23.0 Å². The van der Waals surface area contributed by atoms with E-state index < -0.39 is 105 Å². The second-order valence-electron chi connectivity index (χ2n) is 23.7. The molecule has 6 heterocycles. The highest BCUT2D eigenvalue weighted by molar-refractivity contribution is 7.93. The predicted octanol–water partition coefficient (Wildman–Crippen LogP) is 15.7. The number of alkyl halides is 6. The summed E-state index contributed by atoms with van der Waals surface area (Å²) in [5.41, 5.74) is -1.07. The van der Waals surface area contributed by atoms with Crippen LogP contribution in [0, 0.1) is 13.8 Å². The van der Waals surface area contributed by atoms with Crippen molar-refractivity contribution in [2.45, 2.75) is 120 Å². The van der Waals surface area contributed by atoms with Gasteiger partial charge in [0.15, 0.2) is 16.5 Å². The van der Waals surface area contributed by atoms with E-state index >= 15 is 0 Å². The molecule has 0 fully saturated rings. The van der Waals surface area contributed by atoms with Crippen LogP contribution in [-0.2, 0) is 41.9 Å². The van der Waals surface area contributed by atoms with Gasteiger partial charge in [-0.25, -0.2) is 40.4 Å². The molecule has 0 saturated heterocycles. The van der Waals surface area contributed by atoms with Crippen molar-refractivity contribution in [1.29, 1.82) is 0 Å². The third-order valence-electron chi connectivity index (χ3n) is 16.1. The van der Waals surface area contributed by atoms with Crippen molar-refractivity contribution in [3.8, 4) is 0 Å². The number of aliphatic hydroxyl groups is 1. The summed E-state index contributed by atoms with van der Waals surface area (Å²) in [5.74, 6) is -0.636. The highest BCUT2D eigenvalue weighted by atomic mass is 35.5. The lowest BCUT2D eigenvalue weighted by Crippen LogP contribution is -2.45. The molecule has 1 atom stereocenters. The Hall–Kier alpha value is -5.66. The fourth-order valence-electron chi connectivity index (χ4n) is 9.14. The molecule has 0 spiro atoms. The number of aryl methyl sites for hydroxylation is 2. The van der Waals surface area contributed by atoms with E-state index in [4.69, 9.17) is 55.9 Å². The molecule has 30 heteroatoms. The van der Waals surface area contributed by atoms with Crippen LogP contribution in [-0.4, -0.2) is 100 Å². The number of hydrogen-bond donors (Lipinski definition) is 1. The van der Waals surface area contributed by atoms with E-state index in [1.165, 1.54) is 38.6 Å². The fourth-order valence-corrected chi connectivity index (χ4v) is 16.5. The number of carbonyl (C=O) groups excluding carboxylic acids is 1. The fraction of sp³-hybridized carbons (Fsp3) is 0.362. The van der Waals surface area contributed by atoms with Gasteiger partial charge in [-0.3, -0.25) is 9.78 Å². The number of carbonyl (C=O) groups is 1. The molecule has 0 bridgehead atoms. The minimum atomic E-state index is -4.92. The quantitative estimate of drug-likeness (QED) is 0.0417. The number of fused-ring (bicyclic) bond motifs is 2. The molecule has 0 radical (unpaired) electrons. The van der Waals surface area contributed by atoms with Gasteiger partial charge in [0, 0.05) is 42.9 Å². The number of methoxy groups -OCH3 is 2. The first kappa shape index (κ1) is 69.8. The molecule has 6 aromatic heterocycles. The van der Waals surface area contributed by atoms with Crippen molar-refractivity contribution >= 4 is 122 Å². The van der Waals surface area contributed by atoms with Crippen molar-refractivity contribution < 1.29 is 62.6 Å². The van der Waals surface area contributed by atoms with Crippen LogP contribution in [0.3, 0.4) is 0 Å². The summed E-state index contributed by atoms with van der Waals surface area (Å²) < 4.78 is 153. The minimum Gasteiger partial charge on any atom is -0.382 e. The van der Waals surface area contributed by atoms with E-state index in [-0.39, 0.29) is 54.1 Å². The summed E-state index contributed by atoms with van der Waals surface area (Å²) in [6.07, 6.45) is -4.41. The predicted molar refractivity (Wildman–Crippen MR) is 336 cm³/mol. The van der Waals surface area contributed by atoms with E-state index in [0.717, 1.165) is 24.3 Å². The number of aliphatic hydroxyl groups excluding tert-OH is 1. The number of aromatic nitrogens is 6. The number of halogens is 10. The average molecular weight is 1380 g/mol. The number of ketones is 1. The van der Waals surface area contributed by atoms with Crippen molar-refractivity contribution in [3.63, 3.8) is 0 Å². The maximum atomic E-state index is 14.2. The Morgan fingerprint density at radius 2 is 1.01 bits per heavy atom. The molecule has 0 aliphatic rings. The zero-order valence-electron chi connectivity index (χ0n) is 50.2. The minimum absolute atomic E-state index is 0.0279. The lowest BCUT2D eigenvalue weighted by atomic mass is 10.0. The second-order valence-corrected chi connectivity index (χ2v) is 39.2. The van der Waals surface area contributed by atoms with Crippen molar-refractivity contribution in [3.05, 3.63) is 163 Å². The lowest BCUT2D eigenvalue weighted by Gasteiger charge is -2.38. The maximum Gasteiger partial charge on any atom is 0.417 e. The molecule has 474 valence electrons. The second kappa shape index (κ2) is 25.2. The first-order valence-corrected chi connectivity index (χ1v) is 37.0. The summed E-state index contributed by atoms with van der Waals surface area (Å²) in [4.78, 5) is 30.8. The van der Waals surface area contributed by atoms with Gasteiger partial charge in [0.25, 0.3) is 20.0 Å². The molecule has 0 amide bonds. The number of ether oxygens (including phenoxy) is 2. The molecular weight excluding hydrogens is 1310 g/mol.